The Morgan fingerprint density at radius 3 is 3.20 bits per heavy atom. The molecule has 0 spiro atoms. The van der Waals surface area contributed by atoms with E-state index in [0.29, 0.717) is 0 Å². The molecule has 1 heterocycles. The number of aromatic nitrogens is 3. The van der Waals surface area contributed by atoms with Crippen LogP contribution in [-0.4, -0.2) is 35.2 Å². The monoisotopic (exact) mass is 207 g/mol. The normalized spacial score (nSPS) is 9.93. The topological polar surface area (TPSA) is 59.8 Å². The molecule has 0 saturated carbocycles. The zero-order chi connectivity index (χ0) is 10.9. The second kappa shape index (κ2) is 7.03. The predicted molar refractivity (Wildman–Crippen MR) is 58.6 cm³/mol. The van der Waals surface area contributed by atoms with Crippen molar-refractivity contribution in [1.82, 2.24) is 20.3 Å². The smallest absolute Gasteiger partial charge is 0.207 e. The summed E-state index contributed by atoms with van der Waals surface area (Å²) in [6.45, 7) is 3.59. The van der Waals surface area contributed by atoms with E-state index in [-0.39, 0.29) is 0 Å². The lowest BCUT2D eigenvalue weighted by molar-refractivity contribution is -0.109. The van der Waals surface area contributed by atoms with Gasteiger partial charge in [-0.2, -0.15) is 0 Å². The van der Waals surface area contributed by atoms with Crippen LogP contribution in [0.2, 0.25) is 6.82 Å². The van der Waals surface area contributed by atoms with Crippen LogP contribution in [-0.2, 0) is 17.7 Å². The summed E-state index contributed by atoms with van der Waals surface area (Å²) in [7, 11) is 2.06. The fourth-order valence-corrected chi connectivity index (χ4v) is 1.31. The van der Waals surface area contributed by atoms with E-state index < -0.39 is 0 Å². The van der Waals surface area contributed by atoms with Crippen molar-refractivity contribution in [1.29, 1.82) is 0 Å². The van der Waals surface area contributed by atoms with Crippen LogP contribution in [0, 0.1) is 0 Å². The van der Waals surface area contributed by atoms with Crippen LogP contribution < -0.4 is 5.32 Å². The minimum absolute atomic E-state index is 0.727. The second-order valence-electron chi connectivity index (χ2n) is 3.36. The van der Waals surface area contributed by atoms with Gasteiger partial charge in [0.1, 0.15) is 7.28 Å². The van der Waals surface area contributed by atoms with Crippen LogP contribution in [0.4, 0.5) is 0 Å². The van der Waals surface area contributed by atoms with Crippen molar-refractivity contribution in [3.05, 3.63) is 11.9 Å². The molecule has 1 aromatic heterocycles. The quantitative estimate of drug-likeness (QED) is 0.372. The summed E-state index contributed by atoms with van der Waals surface area (Å²) in [6.07, 6.45) is 5.53. The average Bonchev–Trinajstić information content (AvgIpc) is 2.66. The van der Waals surface area contributed by atoms with Crippen molar-refractivity contribution in [3.8, 4) is 0 Å². The fourth-order valence-electron chi connectivity index (χ4n) is 1.31. The van der Waals surface area contributed by atoms with E-state index in [9.17, 15) is 4.79 Å². The van der Waals surface area contributed by atoms with E-state index in [1.54, 1.807) is 0 Å². The number of nitrogens with zero attached hydrogens (tertiary/aromatic N) is 3. The van der Waals surface area contributed by atoms with Gasteiger partial charge in [0.05, 0.1) is 5.69 Å². The molecular formula is C9H16BN4O. The van der Waals surface area contributed by atoms with Gasteiger partial charge in [-0.25, -0.2) is 0 Å². The molecule has 0 saturated heterocycles. The average molecular weight is 207 g/mol. The van der Waals surface area contributed by atoms with Gasteiger partial charge in [-0.3, -0.25) is 9.48 Å². The number of carbonyl (C=O) groups is 1. The minimum Gasteiger partial charge on any atom is -0.359 e. The molecule has 6 heteroatoms. The number of carbonyl (C=O) groups excluding carboxylic acids is 1. The highest BCUT2D eigenvalue weighted by molar-refractivity contribution is 6.32. The van der Waals surface area contributed by atoms with Gasteiger partial charge in [0.2, 0.25) is 6.41 Å². The maximum Gasteiger partial charge on any atom is 0.207 e. The Morgan fingerprint density at radius 2 is 2.47 bits per heavy atom. The first-order valence-electron chi connectivity index (χ1n) is 5.20. The Labute approximate surface area is 90.5 Å². The van der Waals surface area contributed by atoms with Gasteiger partial charge in [0.25, 0.3) is 0 Å². The highest BCUT2D eigenvalue weighted by Gasteiger charge is 1.99. The lowest BCUT2D eigenvalue weighted by Crippen LogP contribution is -2.12. The molecule has 0 aliphatic heterocycles. The molecule has 1 aromatic rings. The molecule has 0 bridgehead atoms. The molecule has 0 unspecified atom stereocenters. The molecule has 1 N–H and O–H groups in total. The van der Waals surface area contributed by atoms with Gasteiger partial charge in [-0.1, -0.05) is 12.0 Å². The fraction of sp³-hybridized carbons (Fsp3) is 0.667. The maximum absolute atomic E-state index is 9.97. The summed E-state index contributed by atoms with van der Waals surface area (Å²) >= 11 is 0. The van der Waals surface area contributed by atoms with Gasteiger partial charge in [0, 0.05) is 19.3 Å². The Morgan fingerprint density at radius 1 is 1.60 bits per heavy atom. The number of rotatable bonds is 8. The Hall–Kier alpha value is -1.33. The molecule has 1 rings (SSSR count). The van der Waals surface area contributed by atoms with E-state index in [4.69, 9.17) is 0 Å². The number of hydrogen-bond acceptors (Lipinski definition) is 3. The Kier molecular flexibility index (Phi) is 5.51. The molecule has 1 radical (unpaired) electrons. The van der Waals surface area contributed by atoms with Crippen LogP contribution >= 0.6 is 0 Å². The van der Waals surface area contributed by atoms with Crippen molar-refractivity contribution < 1.29 is 4.79 Å². The highest BCUT2D eigenvalue weighted by atomic mass is 16.1. The molecule has 0 aliphatic rings. The molecule has 5 nitrogen and oxygen atoms in total. The number of unbranched alkanes of at least 4 members (excludes halogenated alkanes) is 1. The van der Waals surface area contributed by atoms with Crippen LogP contribution in [0.3, 0.4) is 0 Å². The molecule has 0 aliphatic carbocycles. The number of nitrogens with one attached hydrogen (secondary N) is 1. The second-order valence-corrected chi connectivity index (χ2v) is 3.36. The van der Waals surface area contributed by atoms with Gasteiger partial charge < -0.3 is 5.32 Å². The molecule has 0 fully saturated rings. The molecule has 0 atom stereocenters. The number of hydrogen-bond donors (Lipinski definition) is 1. The van der Waals surface area contributed by atoms with E-state index in [0.717, 1.165) is 44.4 Å². The van der Waals surface area contributed by atoms with E-state index in [2.05, 4.69) is 22.9 Å². The maximum atomic E-state index is 9.97. The Balaban J connectivity index is 2.16. The molecular weight excluding hydrogens is 191 g/mol. The van der Waals surface area contributed by atoms with Crippen molar-refractivity contribution in [2.75, 3.05) is 6.54 Å². The third-order valence-electron chi connectivity index (χ3n) is 2.04. The summed E-state index contributed by atoms with van der Waals surface area (Å²) in [6, 6.07) is 0. The standard InChI is InChI=1S/C9H16BN4O/c1-10-6-9-7-14(13-12-9)5-3-2-4-11-8-15/h7-8H,2-6H2,1H3,(H,11,15). The van der Waals surface area contributed by atoms with Crippen molar-refractivity contribution in [2.45, 2.75) is 32.5 Å². The summed E-state index contributed by atoms with van der Waals surface area (Å²) in [5.41, 5.74) is 1.00. The molecule has 81 valence electrons. The van der Waals surface area contributed by atoms with E-state index >= 15 is 0 Å². The zero-order valence-electron chi connectivity index (χ0n) is 9.02. The van der Waals surface area contributed by atoms with Crippen LogP contribution in [0.25, 0.3) is 0 Å². The lowest BCUT2D eigenvalue weighted by Gasteiger charge is -1.99. The molecule has 1 amide bonds. The third kappa shape index (κ3) is 4.62. The summed E-state index contributed by atoms with van der Waals surface area (Å²) < 4.78 is 1.85. The van der Waals surface area contributed by atoms with Crippen molar-refractivity contribution in [2.24, 2.45) is 0 Å². The van der Waals surface area contributed by atoms with Crippen LogP contribution in [0.1, 0.15) is 18.5 Å². The van der Waals surface area contributed by atoms with Gasteiger partial charge in [-0.15, -0.1) is 5.10 Å². The first kappa shape index (κ1) is 11.7. The summed E-state index contributed by atoms with van der Waals surface area (Å²) in [4.78, 5) is 9.97. The van der Waals surface area contributed by atoms with Crippen LogP contribution in [0.5, 0.6) is 0 Å². The summed E-state index contributed by atoms with van der Waals surface area (Å²) in [5, 5.41) is 10.7. The van der Waals surface area contributed by atoms with Gasteiger partial charge >= 0.3 is 0 Å². The zero-order valence-corrected chi connectivity index (χ0v) is 9.02. The molecule has 0 aromatic carbocycles. The Bertz CT molecular complexity index is 289. The lowest BCUT2D eigenvalue weighted by atomic mass is 9.77. The summed E-state index contributed by atoms with van der Waals surface area (Å²) in [5.74, 6) is 0. The minimum atomic E-state index is 0.727. The van der Waals surface area contributed by atoms with Gasteiger partial charge in [-0.05, 0) is 19.2 Å². The first-order valence-corrected chi connectivity index (χ1v) is 5.20. The van der Waals surface area contributed by atoms with E-state index in [1.807, 2.05) is 17.7 Å². The number of aryl methyl sites for hydroxylation is 1. The van der Waals surface area contributed by atoms with E-state index in [1.165, 1.54) is 0 Å². The third-order valence-corrected chi connectivity index (χ3v) is 2.04. The number of amides is 1. The van der Waals surface area contributed by atoms with Crippen molar-refractivity contribution in [3.63, 3.8) is 0 Å². The van der Waals surface area contributed by atoms with Gasteiger partial charge in [0.15, 0.2) is 0 Å². The molecule has 15 heavy (non-hydrogen) atoms. The van der Waals surface area contributed by atoms with Crippen LogP contribution in [0.15, 0.2) is 6.20 Å². The SMILES string of the molecule is C[B]Cc1cn(CCCCNC=O)nn1. The first-order chi connectivity index (χ1) is 7.36. The highest BCUT2D eigenvalue weighted by Crippen LogP contribution is 1.96. The van der Waals surface area contributed by atoms with Crippen molar-refractivity contribution >= 4 is 13.7 Å². The largest absolute Gasteiger partial charge is 0.359 e. The predicted octanol–water partition coefficient (Wildman–Crippen LogP) is 0.0566.